The fraction of sp³-hybridized carbons (Fsp3) is 0.444. The van der Waals surface area contributed by atoms with Crippen LogP contribution in [0.15, 0.2) is 10.9 Å². The summed E-state index contributed by atoms with van der Waals surface area (Å²) in [7, 11) is 0. The maximum Gasteiger partial charge on any atom is 0.253 e. The fourth-order valence-corrected chi connectivity index (χ4v) is 1.83. The smallest absolute Gasteiger partial charge is 0.253 e. The Labute approximate surface area is 95.9 Å². The van der Waals surface area contributed by atoms with E-state index in [9.17, 15) is 9.59 Å². The van der Waals surface area contributed by atoms with E-state index in [0.717, 1.165) is 6.07 Å². The minimum Gasteiger partial charge on any atom is -0.396 e. The predicted octanol–water partition coefficient (Wildman–Crippen LogP) is -0.232. The molecule has 1 saturated heterocycles. The average Bonchev–Trinajstić information content (AvgIpc) is 2.58. The van der Waals surface area contributed by atoms with Crippen LogP contribution in [0.1, 0.15) is 6.42 Å². The minimum atomic E-state index is -0.407. The summed E-state index contributed by atoms with van der Waals surface area (Å²) in [6.07, 6.45) is 0.257. The van der Waals surface area contributed by atoms with Gasteiger partial charge in [-0.05, 0) is 0 Å². The Balaban J connectivity index is 2.31. The van der Waals surface area contributed by atoms with E-state index < -0.39 is 5.56 Å². The van der Waals surface area contributed by atoms with E-state index in [0.29, 0.717) is 6.54 Å². The summed E-state index contributed by atoms with van der Waals surface area (Å²) in [6, 6.07) is 1.13. The quantitative estimate of drug-likeness (QED) is 0.703. The van der Waals surface area contributed by atoms with Gasteiger partial charge < -0.3 is 5.11 Å². The Morgan fingerprint density at radius 2 is 2.38 bits per heavy atom. The van der Waals surface area contributed by atoms with Crippen molar-refractivity contribution in [3.63, 3.8) is 0 Å². The van der Waals surface area contributed by atoms with Gasteiger partial charge in [-0.3, -0.25) is 19.5 Å². The van der Waals surface area contributed by atoms with Crippen LogP contribution in [0, 0.1) is 5.92 Å². The molecule has 1 aliphatic heterocycles. The maximum absolute atomic E-state index is 11.6. The van der Waals surface area contributed by atoms with Gasteiger partial charge in [-0.15, -0.1) is 0 Å². The lowest BCUT2D eigenvalue weighted by molar-refractivity contribution is -0.117. The van der Waals surface area contributed by atoms with Crippen molar-refractivity contribution >= 4 is 23.5 Å². The first-order valence-corrected chi connectivity index (χ1v) is 5.16. The molecule has 0 aromatic carbocycles. The van der Waals surface area contributed by atoms with Crippen molar-refractivity contribution in [1.82, 2.24) is 9.97 Å². The van der Waals surface area contributed by atoms with Crippen LogP contribution in [0.25, 0.3) is 0 Å². The lowest BCUT2D eigenvalue weighted by Crippen LogP contribution is -2.29. The highest BCUT2D eigenvalue weighted by Gasteiger charge is 2.31. The summed E-state index contributed by atoms with van der Waals surface area (Å²) in [5.74, 6) is -0.153. The third-order valence-electron chi connectivity index (χ3n) is 2.42. The molecule has 86 valence electrons. The van der Waals surface area contributed by atoms with Crippen molar-refractivity contribution in [2.24, 2.45) is 5.92 Å². The molecule has 1 fully saturated rings. The number of nitrogens with one attached hydrogen (secondary N) is 1. The van der Waals surface area contributed by atoms with Gasteiger partial charge in [0.1, 0.15) is 5.15 Å². The number of anilines is 1. The zero-order chi connectivity index (χ0) is 11.7. The Morgan fingerprint density at radius 1 is 1.62 bits per heavy atom. The number of aliphatic hydroxyl groups is 1. The highest BCUT2D eigenvalue weighted by atomic mass is 35.5. The van der Waals surface area contributed by atoms with Crippen LogP contribution in [-0.4, -0.2) is 34.1 Å². The summed E-state index contributed by atoms with van der Waals surface area (Å²) in [5, 5.41) is 9.00. The summed E-state index contributed by atoms with van der Waals surface area (Å²) in [4.78, 5) is 30.4. The van der Waals surface area contributed by atoms with Gasteiger partial charge in [0.05, 0.1) is 0 Å². The van der Waals surface area contributed by atoms with E-state index in [4.69, 9.17) is 16.7 Å². The van der Waals surface area contributed by atoms with Crippen molar-refractivity contribution in [3.8, 4) is 0 Å². The molecule has 6 nitrogen and oxygen atoms in total. The van der Waals surface area contributed by atoms with Gasteiger partial charge in [0, 0.05) is 31.6 Å². The van der Waals surface area contributed by atoms with E-state index in [1.165, 1.54) is 4.90 Å². The number of hydrogen-bond donors (Lipinski definition) is 2. The molecule has 7 heteroatoms. The lowest BCUT2D eigenvalue weighted by atomic mass is 10.1. The van der Waals surface area contributed by atoms with Crippen LogP contribution >= 0.6 is 11.6 Å². The summed E-state index contributed by atoms with van der Waals surface area (Å²) >= 11 is 5.63. The SMILES string of the molecule is O=C1CC(CO)CN1c1nc(Cl)cc(=O)[nH]1. The van der Waals surface area contributed by atoms with Crippen LogP contribution in [0.4, 0.5) is 5.95 Å². The molecule has 1 aromatic heterocycles. The molecule has 0 bridgehead atoms. The van der Waals surface area contributed by atoms with E-state index in [-0.39, 0.29) is 36.0 Å². The van der Waals surface area contributed by atoms with Crippen molar-refractivity contribution in [3.05, 3.63) is 21.6 Å². The first-order chi connectivity index (χ1) is 7.60. The Kier molecular flexibility index (Phi) is 2.93. The first-order valence-electron chi connectivity index (χ1n) is 4.78. The third kappa shape index (κ3) is 2.07. The zero-order valence-corrected chi connectivity index (χ0v) is 9.07. The van der Waals surface area contributed by atoms with Gasteiger partial charge in [0.15, 0.2) is 0 Å². The van der Waals surface area contributed by atoms with E-state index in [1.54, 1.807) is 0 Å². The van der Waals surface area contributed by atoms with Crippen LogP contribution in [-0.2, 0) is 4.79 Å². The molecule has 1 unspecified atom stereocenters. The first kappa shape index (κ1) is 11.1. The third-order valence-corrected chi connectivity index (χ3v) is 2.61. The molecule has 0 saturated carbocycles. The molecule has 1 aromatic rings. The topological polar surface area (TPSA) is 86.3 Å². The average molecular weight is 244 g/mol. The molecule has 1 amide bonds. The second-order valence-corrected chi connectivity index (χ2v) is 4.04. The fourth-order valence-electron chi connectivity index (χ4n) is 1.65. The monoisotopic (exact) mass is 243 g/mol. The number of aromatic nitrogens is 2. The normalized spacial score (nSPS) is 20.5. The highest BCUT2D eigenvalue weighted by molar-refractivity contribution is 6.29. The molecule has 0 aliphatic carbocycles. The molecule has 1 atom stereocenters. The maximum atomic E-state index is 11.6. The van der Waals surface area contributed by atoms with Crippen LogP contribution < -0.4 is 10.5 Å². The van der Waals surface area contributed by atoms with Crippen molar-refractivity contribution in [2.45, 2.75) is 6.42 Å². The number of H-pyrrole nitrogens is 1. The van der Waals surface area contributed by atoms with Gasteiger partial charge in [0.25, 0.3) is 5.56 Å². The second kappa shape index (κ2) is 4.23. The molecule has 0 radical (unpaired) electrons. The van der Waals surface area contributed by atoms with Crippen molar-refractivity contribution in [1.29, 1.82) is 0 Å². The Bertz CT molecular complexity index is 473. The molecule has 2 N–H and O–H groups in total. The Hall–Kier alpha value is -1.40. The number of carbonyl (C=O) groups excluding carboxylic acids is 1. The Morgan fingerprint density at radius 3 is 2.94 bits per heavy atom. The number of rotatable bonds is 2. The number of carbonyl (C=O) groups is 1. The largest absolute Gasteiger partial charge is 0.396 e. The van der Waals surface area contributed by atoms with E-state index in [1.807, 2.05) is 0 Å². The standard InChI is InChI=1S/C9H10ClN3O3/c10-6-2-7(15)12-9(11-6)13-3-5(4-14)1-8(13)16/h2,5,14H,1,3-4H2,(H,11,12,15). The van der Waals surface area contributed by atoms with Gasteiger partial charge in [-0.1, -0.05) is 11.6 Å². The number of amides is 1. The van der Waals surface area contributed by atoms with E-state index >= 15 is 0 Å². The van der Waals surface area contributed by atoms with Crippen molar-refractivity contribution < 1.29 is 9.90 Å². The lowest BCUT2D eigenvalue weighted by Gasteiger charge is -2.14. The molecule has 1 aliphatic rings. The number of halogens is 1. The second-order valence-electron chi connectivity index (χ2n) is 3.65. The number of aromatic amines is 1. The van der Waals surface area contributed by atoms with Gasteiger partial charge in [-0.2, -0.15) is 0 Å². The predicted molar refractivity (Wildman–Crippen MR) is 57.4 cm³/mol. The number of nitrogens with zero attached hydrogens (tertiary/aromatic N) is 2. The van der Waals surface area contributed by atoms with Crippen LogP contribution in [0.2, 0.25) is 5.15 Å². The number of hydrogen-bond acceptors (Lipinski definition) is 4. The molecular weight excluding hydrogens is 234 g/mol. The van der Waals surface area contributed by atoms with Crippen LogP contribution in [0.5, 0.6) is 0 Å². The van der Waals surface area contributed by atoms with Gasteiger partial charge >= 0.3 is 0 Å². The van der Waals surface area contributed by atoms with Crippen molar-refractivity contribution in [2.75, 3.05) is 18.1 Å². The van der Waals surface area contributed by atoms with Crippen LogP contribution in [0.3, 0.4) is 0 Å². The highest BCUT2D eigenvalue weighted by Crippen LogP contribution is 2.21. The summed E-state index contributed by atoms with van der Waals surface area (Å²) < 4.78 is 0. The molecular formula is C9H10ClN3O3. The van der Waals surface area contributed by atoms with E-state index in [2.05, 4.69) is 9.97 Å². The van der Waals surface area contributed by atoms with Gasteiger partial charge in [0.2, 0.25) is 11.9 Å². The summed E-state index contributed by atoms with van der Waals surface area (Å²) in [6.45, 7) is 0.283. The molecule has 0 spiro atoms. The molecule has 16 heavy (non-hydrogen) atoms. The number of aliphatic hydroxyl groups excluding tert-OH is 1. The zero-order valence-electron chi connectivity index (χ0n) is 8.31. The summed E-state index contributed by atoms with van der Waals surface area (Å²) in [5.41, 5.74) is -0.407. The minimum absolute atomic E-state index is 0.0407. The van der Waals surface area contributed by atoms with Gasteiger partial charge in [-0.25, -0.2) is 4.98 Å². The molecule has 2 heterocycles. The molecule has 2 rings (SSSR count).